The van der Waals surface area contributed by atoms with Crippen molar-refractivity contribution in [2.75, 3.05) is 6.61 Å². The minimum absolute atomic E-state index is 0.0682. The van der Waals surface area contributed by atoms with E-state index in [-0.39, 0.29) is 18.1 Å². The lowest BCUT2D eigenvalue weighted by Gasteiger charge is -2.57. The first-order valence-electron chi connectivity index (χ1n) is 10.5. The number of ether oxygens (including phenoxy) is 2. The number of nitrogens with one attached hydrogen (secondary N) is 1. The summed E-state index contributed by atoms with van der Waals surface area (Å²) in [7, 11) is 0. The molecule has 4 aliphatic rings. The molecular formula is C23H31NO4. The van der Waals surface area contributed by atoms with E-state index in [0.717, 1.165) is 48.1 Å². The third-order valence-corrected chi connectivity index (χ3v) is 6.85. The van der Waals surface area contributed by atoms with Gasteiger partial charge in [-0.2, -0.15) is 0 Å². The zero-order chi connectivity index (χ0) is 19.9. The zero-order valence-corrected chi connectivity index (χ0v) is 17.1. The molecule has 152 valence electrons. The SMILES string of the molecule is Cc1cccc(C)c1OCC(=O)O[C@@H](C)C(=O)NC12CC3CC(CC(C3)C1)C2. The number of carbonyl (C=O) groups is 2. The first kappa shape index (κ1) is 19.3. The lowest BCUT2D eigenvalue weighted by molar-refractivity contribution is -0.158. The summed E-state index contributed by atoms with van der Waals surface area (Å²) in [5.41, 5.74) is 1.88. The van der Waals surface area contributed by atoms with Gasteiger partial charge in [-0.15, -0.1) is 0 Å². The van der Waals surface area contributed by atoms with E-state index in [1.165, 1.54) is 19.3 Å². The number of esters is 1. The van der Waals surface area contributed by atoms with Gasteiger partial charge in [-0.3, -0.25) is 4.79 Å². The van der Waals surface area contributed by atoms with Crippen LogP contribution in [0, 0.1) is 31.6 Å². The van der Waals surface area contributed by atoms with E-state index in [4.69, 9.17) is 9.47 Å². The first-order chi connectivity index (χ1) is 13.3. The van der Waals surface area contributed by atoms with Crippen LogP contribution in [-0.4, -0.2) is 30.1 Å². The largest absolute Gasteiger partial charge is 0.481 e. The van der Waals surface area contributed by atoms with Crippen molar-refractivity contribution < 1.29 is 19.1 Å². The monoisotopic (exact) mass is 385 g/mol. The summed E-state index contributed by atoms with van der Waals surface area (Å²) < 4.78 is 11.0. The summed E-state index contributed by atoms with van der Waals surface area (Å²) in [6.45, 7) is 5.33. The number of hydrogen-bond acceptors (Lipinski definition) is 4. The highest BCUT2D eigenvalue weighted by molar-refractivity contribution is 5.84. The average Bonchev–Trinajstić information content (AvgIpc) is 2.59. The molecule has 1 aromatic rings. The van der Waals surface area contributed by atoms with E-state index < -0.39 is 12.1 Å². The normalized spacial score (nSPS) is 31.3. The van der Waals surface area contributed by atoms with Crippen LogP contribution in [0.2, 0.25) is 0 Å². The van der Waals surface area contributed by atoms with E-state index in [9.17, 15) is 9.59 Å². The first-order valence-corrected chi connectivity index (χ1v) is 10.5. The van der Waals surface area contributed by atoms with Gasteiger partial charge in [0, 0.05) is 5.54 Å². The number of rotatable bonds is 6. The van der Waals surface area contributed by atoms with Crippen LogP contribution in [0.25, 0.3) is 0 Å². The standard InChI is InChI=1S/C23H31NO4/c1-14-5-4-6-15(2)21(14)27-13-20(25)28-16(3)22(26)24-23-10-17-7-18(11-23)9-19(8-17)12-23/h4-6,16-19H,7-13H2,1-3H3,(H,24,26)/t16-,17?,18?,19?,23?/m0/s1. The molecule has 4 bridgehead atoms. The Kier molecular flexibility index (Phi) is 5.11. The molecule has 5 heteroatoms. The van der Waals surface area contributed by atoms with Gasteiger partial charge >= 0.3 is 5.97 Å². The smallest absolute Gasteiger partial charge is 0.344 e. The van der Waals surface area contributed by atoms with Gasteiger partial charge < -0.3 is 14.8 Å². The molecule has 1 amide bonds. The third-order valence-electron chi connectivity index (χ3n) is 6.85. The second-order valence-corrected chi connectivity index (χ2v) is 9.33. The summed E-state index contributed by atoms with van der Waals surface area (Å²) in [5.74, 6) is 2.28. The van der Waals surface area contributed by atoms with Crippen molar-refractivity contribution in [1.29, 1.82) is 0 Å². The molecule has 0 aliphatic heterocycles. The lowest BCUT2D eigenvalue weighted by atomic mass is 9.53. The molecule has 0 heterocycles. The highest BCUT2D eigenvalue weighted by Crippen LogP contribution is 2.55. The topological polar surface area (TPSA) is 64.6 Å². The molecule has 4 fully saturated rings. The molecule has 0 saturated heterocycles. The average molecular weight is 386 g/mol. The van der Waals surface area contributed by atoms with Crippen LogP contribution in [0.5, 0.6) is 5.75 Å². The van der Waals surface area contributed by atoms with Crippen molar-refractivity contribution in [3.8, 4) is 5.75 Å². The van der Waals surface area contributed by atoms with E-state index in [0.29, 0.717) is 5.75 Å². The molecule has 0 aromatic heterocycles. The summed E-state index contributed by atoms with van der Waals surface area (Å²) in [6, 6.07) is 5.83. The molecular weight excluding hydrogens is 354 g/mol. The number of para-hydroxylation sites is 1. The van der Waals surface area contributed by atoms with Gasteiger partial charge in [-0.05, 0) is 88.2 Å². The van der Waals surface area contributed by atoms with Gasteiger partial charge in [0.1, 0.15) is 5.75 Å². The van der Waals surface area contributed by atoms with Gasteiger partial charge in [0.25, 0.3) is 5.91 Å². The molecule has 5 rings (SSSR count). The second kappa shape index (κ2) is 7.41. The number of amides is 1. The fraction of sp³-hybridized carbons (Fsp3) is 0.652. The van der Waals surface area contributed by atoms with E-state index in [1.807, 2.05) is 32.0 Å². The summed E-state index contributed by atoms with van der Waals surface area (Å²) in [5, 5.41) is 3.26. The molecule has 1 N–H and O–H groups in total. The Morgan fingerprint density at radius 2 is 1.61 bits per heavy atom. The molecule has 28 heavy (non-hydrogen) atoms. The van der Waals surface area contributed by atoms with Gasteiger partial charge in [0.15, 0.2) is 12.7 Å². The van der Waals surface area contributed by atoms with Crippen molar-refractivity contribution in [1.82, 2.24) is 5.32 Å². The lowest BCUT2D eigenvalue weighted by Crippen LogP contribution is -2.61. The Hall–Kier alpha value is -2.04. The van der Waals surface area contributed by atoms with Crippen LogP contribution in [0.15, 0.2) is 18.2 Å². The third kappa shape index (κ3) is 3.89. The second-order valence-electron chi connectivity index (χ2n) is 9.33. The highest BCUT2D eigenvalue weighted by Gasteiger charge is 2.51. The predicted octanol–water partition coefficient (Wildman–Crippen LogP) is 3.70. The summed E-state index contributed by atoms with van der Waals surface area (Å²) in [6.07, 6.45) is 6.44. The quantitative estimate of drug-likeness (QED) is 0.759. The Labute approximate surface area is 167 Å². The Bertz CT molecular complexity index is 716. The molecule has 0 radical (unpaired) electrons. The van der Waals surface area contributed by atoms with Crippen molar-refractivity contribution in [3.63, 3.8) is 0 Å². The van der Waals surface area contributed by atoms with Gasteiger partial charge in [-0.25, -0.2) is 4.79 Å². The van der Waals surface area contributed by atoms with Crippen LogP contribution >= 0.6 is 0 Å². The number of aryl methyl sites for hydroxylation is 2. The van der Waals surface area contributed by atoms with Gasteiger partial charge in [0.05, 0.1) is 0 Å². The van der Waals surface area contributed by atoms with Gasteiger partial charge in [0.2, 0.25) is 0 Å². The number of benzene rings is 1. The molecule has 4 saturated carbocycles. The fourth-order valence-corrected chi connectivity index (χ4v) is 6.07. The van der Waals surface area contributed by atoms with Crippen LogP contribution in [-0.2, 0) is 14.3 Å². The summed E-state index contributed by atoms with van der Waals surface area (Å²) in [4.78, 5) is 24.9. The molecule has 5 nitrogen and oxygen atoms in total. The van der Waals surface area contributed by atoms with Crippen LogP contribution in [0.4, 0.5) is 0 Å². The number of carbonyl (C=O) groups excluding carboxylic acids is 2. The minimum Gasteiger partial charge on any atom is -0.481 e. The Balaban J connectivity index is 1.29. The van der Waals surface area contributed by atoms with E-state index in [1.54, 1.807) is 6.92 Å². The highest BCUT2D eigenvalue weighted by atomic mass is 16.6. The van der Waals surface area contributed by atoms with Crippen molar-refractivity contribution in [3.05, 3.63) is 29.3 Å². The maximum Gasteiger partial charge on any atom is 0.344 e. The predicted molar refractivity (Wildman–Crippen MR) is 106 cm³/mol. The maximum absolute atomic E-state index is 12.7. The van der Waals surface area contributed by atoms with Crippen LogP contribution < -0.4 is 10.1 Å². The zero-order valence-electron chi connectivity index (χ0n) is 17.1. The number of hydrogen-bond donors (Lipinski definition) is 1. The molecule has 0 unspecified atom stereocenters. The molecule has 4 aliphatic carbocycles. The molecule has 1 aromatic carbocycles. The van der Waals surface area contributed by atoms with Crippen molar-refractivity contribution in [2.24, 2.45) is 17.8 Å². The van der Waals surface area contributed by atoms with E-state index in [2.05, 4.69) is 5.32 Å². The van der Waals surface area contributed by atoms with Crippen molar-refractivity contribution >= 4 is 11.9 Å². The fourth-order valence-electron chi connectivity index (χ4n) is 6.07. The molecule has 0 spiro atoms. The van der Waals surface area contributed by atoms with E-state index >= 15 is 0 Å². The van der Waals surface area contributed by atoms with Gasteiger partial charge in [-0.1, -0.05) is 18.2 Å². The van der Waals surface area contributed by atoms with Crippen LogP contribution in [0.1, 0.15) is 56.6 Å². The van der Waals surface area contributed by atoms with Crippen molar-refractivity contribution in [2.45, 2.75) is 70.9 Å². The van der Waals surface area contributed by atoms with Crippen LogP contribution in [0.3, 0.4) is 0 Å². The molecule has 1 atom stereocenters. The summed E-state index contributed by atoms with van der Waals surface area (Å²) >= 11 is 0. The Morgan fingerprint density at radius 3 is 2.14 bits per heavy atom. The minimum atomic E-state index is -0.804. The maximum atomic E-state index is 12.7. The Morgan fingerprint density at radius 1 is 1.07 bits per heavy atom.